The molecule has 0 amide bonds. The fraction of sp³-hybridized carbons (Fsp3) is 1.00. The summed E-state index contributed by atoms with van der Waals surface area (Å²) in [6, 6.07) is 2.16. The Hall–Kier alpha value is -0.0800. The van der Waals surface area contributed by atoms with Crippen LogP contribution < -0.4 is 0 Å². The summed E-state index contributed by atoms with van der Waals surface area (Å²) in [7, 11) is 0. The van der Waals surface area contributed by atoms with Crippen LogP contribution in [0, 0.1) is 0 Å². The van der Waals surface area contributed by atoms with E-state index < -0.39 is 0 Å². The molecule has 0 saturated carbocycles. The molecule has 0 bridgehead atoms. The van der Waals surface area contributed by atoms with Crippen LogP contribution in [0.5, 0.6) is 0 Å². The highest BCUT2D eigenvalue weighted by Gasteiger charge is 2.26. The lowest BCUT2D eigenvalue weighted by Gasteiger charge is -2.35. The maximum atomic E-state index is 2.68. The van der Waals surface area contributed by atoms with E-state index in [9.17, 15) is 0 Å². The number of hydrogen-bond acceptors (Lipinski definition) is 2. The van der Waals surface area contributed by atoms with Gasteiger partial charge in [-0.25, -0.2) is 0 Å². The SMILES string of the molecule is CC[C@H]1CN(C(C)C)CCCN1C(C)C. The van der Waals surface area contributed by atoms with Gasteiger partial charge in [-0.1, -0.05) is 6.92 Å². The Morgan fingerprint density at radius 2 is 1.73 bits per heavy atom. The smallest absolute Gasteiger partial charge is 0.0223 e. The van der Waals surface area contributed by atoms with Crippen molar-refractivity contribution in [2.45, 2.75) is 65.6 Å². The molecule has 1 rings (SSSR count). The monoisotopic (exact) mass is 212 g/mol. The molecule has 0 radical (unpaired) electrons. The van der Waals surface area contributed by atoms with Crippen molar-refractivity contribution in [1.29, 1.82) is 0 Å². The first-order chi connectivity index (χ1) is 7.06. The Morgan fingerprint density at radius 3 is 2.20 bits per heavy atom. The average Bonchev–Trinajstić information content (AvgIpc) is 2.38. The predicted octanol–water partition coefficient (Wildman–Crippen LogP) is 2.59. The first kappa shape index (κ1) is 13.0. The van der Waals surface area contributed by atoms with Crippen molar-refractivity contribution in [3.8, 4) is 0 Å². The van der Waals surface area contributed by atoms with Crippen molar-refractivity contribution in [1.82, 2.24) is 9.80 Å². The molecule has 1 fully saturated rings. The van der Waals surface area contributed by atoms with Gasteiger partial charge in [0.1, 0.15) is 0 Å². The van der Waals surface area contributed by atoms with Crippen LogP contribution in [0.3, 0.4) is 0 Å². The molecule has 2 nitrogen and oxygen atoms in total. The van der Waals surface area contributed by atoms with Gasteiger partial charge in [-0.3, -0.25) is 9.80 Å². The van der Waals surface area contributed by atoms with Gasteiger partial charge in [-0.2, -0.15) is 0 Å². The highest BCUT2D eigenvalue weighted by molar-refractivity contribution is 4.82. The summed E-state index contributed by atoms with van der Waals surface area (Å²) in [5.41, 5.74) is 0. The van der Waals surface area contributed by atoms with Crippen molar-refractivity contribution in [2.75, 3.05) is 19.6 Å². The molecule has 90 valence electrons. The molecule has 0 N–H and O–H groups in total. The maximum absolute atomic E-state index is 2.68. The van der Waals surface area contributed by atoms with E-state index >= 15 is 0 Å². The van der Waals surface area contributed by atoms with E-state index in [-0.39, 0.29) is 0 Å². The molecule has 0 spiro atoms. The van der Waals surface area contributed by atoms with E-state index in [1.807, 2.05) is 0 Å². The van der Waals surface area contributed by atoms with Crippen LogP contribution in [0.4, 0.5) is 0 Å². The van der Waals surface area contributed by atoms with Gasteiger partial charge in [0.2, 0.25) is 0 Å². The van der Waals surface area contributed by atoms with E-state index in [1.165, 1.54) is 32.5 Å². The second-order valence-corrected chi connectivity index (χ2v) is 5.34. The fourth-order valence-corrected chi connectivity index (χ4v) is 2.62. The average molecular weight is 212 g/mol. The van der Waals surface area contributed by atoms with Crippen molar-refractivity contribution in [2.24, 2.45) is 0 Å². The Morgan fingerprint density at radius 1 is 1.07 bits per heavy atom. The van der Waals surface area contributed by atoms with Gasteiger partial charge in [-0.15, -0.1) is 0 Å². The third kappa shape index (κ3) is 3.46. The molecule has 0 aromatic heterocycles. The van der Waals surface area contributed by atoms with Crippen molar-refractivity contribution in [3.05, 3.63) is 0 Å². The number of nitrogens with zero attached hydrogens (tertiary/aromatic N) is 2. The van der Waals surface area contributed by atoms with Crippen LogP contribution in [-0.2, 0) is 0 Å². The van der Waals surface area contributed by atoms with Crippen LogP contribution in [0.1, 0.15) is 47.5 Å². The standard InChI is InChI=1S/C13H28N2/c1-6-13-10-14(11(2)3)8-7-9-15(13)12(4)5/h11-13H,6-10H2,1-5H3/t13-/m0/s1. The third-order valence-corrected chi connectivity index (χ3v) is 3.64. The van der Waals surface area contributed by atoms with Crippen molar-refractivity contribution >= 4 is 0 Å². The molecular formula is C13H28N2. The summed E-state index contributed by atoms with van der Waals surface area (Å²) in [4.78, 5) is 5.32. The molecule has 2 heteroatoms. The summed E-state index contributed by atoms with van der Waals surface area (Å²) in [6.07, 6.45) is 2.61. The second kappa shape index (κ2) is 5.86. The van der Waals surface area contributed by atoms with E-state index in [0.29, 0.717) is 12.1 Å². The van der Waals surface area contributed by atoms with E-state index in [1.54, 1.807) is 0 Å². The minimum atomic E-state index is 0.696. The molecule has 0 aromatic rings. The van der Waals surface area contributed by atoms with Gasteiger partial charge in [-0.05, 0) is 53.6 Å². The van der Waals surface area contributed by atoms with Gasteiger partial charge in [0.15, 0.2) is 0 Å². The zero-order valence-electron chi connectivity index (χ0n) is 11.2. The molecular weight excluding hydrogens is 184 g/mol. The van der Waals surface area contributed by atoms with E-state index in [2.05, 4.69) is 44.4 Å². The first-order valence-electron chi connectivity index (χ1n) is 6.56. The van der Waals surface area contributed by atoms with Gasteiger partial charge >= 0.3 is 0 Å². The summed E-state index contributed by atoms with van der Waals surface area (Å²) < 4.78 is 0. The normalized spacial score (nSPS) is 26.2. The van der Waals surface area contributed by atoms with Crippen LogP contribution in [0.15, 0.2) is 0 Å². The molecule has 1 atom stereocenters. The first-order valence-corrected chi connectivity index (χ1v) is 6.56. The van der Waals surface area contributed by atoms with Gasteiger partial charge in [0, 0.05) is 24.7 Å². The quantitative estimate of drug-likeness (QED) is 0.709. The van der Waals surface area contributed by atoms with Crippen molar-refractivity contribution in [3.63, 3.8) is 0 Å². The molecule has 0 aromatic carbocycles. The minimum Gasteiger partial charge on any atom is -0.299 e. The predicted molar refractivity (Wildman–Crippen MR) is 67.2 cm³/mol. The summed E-state index contributed by atoms with van der Waals surface area (Å²) in [6.45, 7) is 15.4. The maximum Gasteiger partial charge on any atom is 0.0223 e. The van der Waals surface area contributed by atoms with Crippen LogP contribution in [0.25, 0.3) is 0 Å². The van der Waals surface area contributed by atoms with Crippen molar-refractivity contribution < 1.29 is 0 Å². The molecule has 0 aliphatic carbocycles. The second-order valence-electron chi connectivity index (χ2n) is 5.34. The van der Waals surface area contributed by atoms with Crippen LogP contribution in [-0.4, -0.2) is 47.6 Å². The Labute approximate surface area is 95.6 Å². The highest BCUT2D eigenvalue weighted by atomic mass is 15.3. The Kier molecular flexibility index (Phi) is 5.07. The fourth-order valence-electron chi connectivity index (χ4n) is 2.62. The van der Waals surface area contributed by atoms with Gasteiger partial charge in [0.25, 0.3) is 0 Å². The molecule has 1 aliphatic heterocycles. The molecule has 0 unspecified atom stereocenters. The lowest BCUT2D eigenvalue weighted by molar-refractivity contribution is 0.130. The third-order valence-electron chi connectivity index (χ3n) is 3.64. The van der Waals surface area contributed by atoms with E-state index in [4.69, 9.17) is 0 Å². The number of rotatable bonds is 3. The molecule has 15 heavy (non-hydrogen) atoms. The molecule has 1 heterocycles. The zero-order valence-corrected chi connectivity index (χ0v) is 11.2. The van der Waals surface area contributed by atoms with Gasteiger partial charge in [0.05, 0.1) is 0 Å². The van der Waals surface area contributed by atoms with Crippen LogP contribution >= 0.6 is 0 Å². The zero-order chi connectivity index (χ0) is 11.4. The highest BCUT2D eigenvalue weighted by Crippen LogP contribution is 2.17. The number of hydrogen-bond donors (Lipinski definition) is 0. The summed E-state index contributed by atoms with van der Waals surface area (Å²) in [5.74, 6) is 0. The summed E-state index contributed by atoms with van der Waals surface area (Å²) >= 11 is 0. The Balaban J connectivity index is 2.64. The Bertz CT molecular complexity index is 177. The van der Waals surface area contributed by atoms with E-state index in [0.717, 1.165) is 6.04 Å². The van der Waals surface area contributed by atoms with Crippen LogP contribution in [0.2, 0.25) is 0 Å². The lowest BCUT2D eigenvalue weighted by Crippen LogP contribution is -2.45. The van der Waals surface area contributed by atoms with Gasteiger partial charge < -0.3 is 0 Å². The minimum absolute atomic E-state index is 0.696. The topological polar surface area (TPSA) is 6.48 Å². The molecule has 1 saturated heterocycles. The molecule has 1 aliphatic rings. The summed E-state index contributed by atoms with van der Waals surface area (Å²) in [5, 5.41) is 0. The largest absolute Gasteiger partial charge is 0.299 e. The lowest BCUT2D eigenvalue weighted by atomic mass is 10.1.